The highest BCUT2D eigenvalue weighted by atomic mass is 16.7. The zero-order chi connectivity index (χ0) is 24.6. The van der Waals surface area contributed by atoms with Crippen LogP contribution < -0.4 is 14.2 Å². The number of rotatable bonds is 4. The van der Waals surface area contributed by atoms with Crippen LogP contribution in [-0.4, -0.2) is 37.5 Å². The van der Waals surface area contributed by atoms with Gasteiger partial charge in [-0.05, 0) is 77.4 Å². The maximum absolute atomic E-state index is 11.6. The van der Waals surface area contributed by atoms with Gasteiger partial charge in [0.25, 0.3) is 0 Å². The largest absolute Gasteiger partial charge is 0.492 e. The van der Waals surface area contributed by atoms with E-state index in [9.17, 15) is 5.11 Å². The van der Waals surface area contributed by atoms with Crippen molar-refractivity contribution < 1.29 is 19.3 Å². The van der Waals surface area contributed by atoms with E-state index in [-0.39, 0.29) is 23.7 Å². The van der Waals surface area contributed by atoms with Gasteiger partial charge < -0.3 is 19.3 Å². The molecule has 0 saturated heterocycles. The summed E-state index contributed by atoms with van der Waals surface area (Å²) in [7, 11) is 3.82. The van der Waals surface area contributed by atoms with Crippen LogP contribution in [0.15, 0.2) is 18.2 Å². The average molecular weight is 466 g/mol. The number of benzene rings is 2. The molecule has 0 spiro atoms. The van der Waals surface area contributed by atoms with Crippen LogP contribution in [0.5, 0.6) is 17.2 Å². The van der Waals surface area contributed by atoms with Crippen LogP contribution in [0.3, 0.4) is 0 Å². The molecule has 5 nitrogen and oxygen atoms in total. The van der Waals surface area contributed by atoms with Gasteiger partial charge in [0.05, 0.1) is 13.2 Å². The third-order valence-electron chi connectivity index (χ3n) is 9.31. The maximum atomic E-state index is 11.6. The molecule has 184 valence electrons. The number of hydrogen-bond acceptors (Lipinski definition) is 5. The summed E-state index contributed by atoms with van der Waals surface area (Å²) in [6.45, 7) is 15.0. The molecule has 0 fully saturated rings. The molecule has 0 radical (unpaired) electrons. The zero-order valence-electron chi connectivity index (χ0n) is 21.9. The highest BCUT2D eigenvalue weighted by molar-refractivity contribution is 5.62. The van der Waals surface area contributed by atoms with E-state index in [4.69, 9.17) is 14.2 Å². The number of nitrogens with zero attached hydrogens (tertiary/aromatic N) is 1. The van der Waals surface area contributed by atoms with Crippen molar-refractivity contribution in [3.63, 3.8) is 0 Å². The Bertz CT molecular complexity index is 1140. The lowest BCUT2D eigenvalue weighted by atomic mass is 9.71. The molecular weight excluding hydrogens is 426 g/mol. The van der Waals surface area contributed by atoms with Crippen molar-refractivity contribution in [3.05, 3.63) is 51.6 Å². The second-order valence-electron chi connectivity index (χ2n) is 11.6. The van der Waals surface area contributed by atoms with Crippen molar-refractivity contribution in [2.24, 2.45) is 5.92 Å². The van der Waals surface area contributed by atoms with Crippen LogP contribution in [0.2, 0.25) is 0 Å². The number of aryl methyl sites for hydroxylation is 1. The molecule has 0 aromatic heterocycles. The van der Waals surface area contributed by atoms with E-state index >= 15 is 0 Å². The van der Waals surface area contributed by atoms with Crippen LogP contribution in [0.4, 0.5) is 0 Å². The molecule has 0 bridgehead atoms. The molecule has 5 rings (SSSR count). The van der Waals surface area contributed by atoms with E-state index < -0.39 is 6.10 Å². The first kappa shape index (κ1) is 23.5. The maximum Gasteiger partial charge on any atom is 0.231 e. The van der Waals surface area contributed by atoms with Crippen LogP contribution in [0.1, 0.15) is 86.6 Å². The normalized spacial score (nSPS) is 25.1. The molecule has 1 N–H and O–H groups in total. The standard InChI is InChI=1S/C29H39NO4/c1-16-11-20-21(29(5,6)17(2)28(20,3)4)13-19(16)23(31)14-22-25-18(9-10-30(22)7)12-24-26(27(25)32-8)34-15-33-24/h11-13,17,22-23,31H,9-10,14-15H2,1-8H3/t17-,22+,23+/m0/s1. The number of aliphatic hydroxyl groups is 1. The highest BCUT2D eigenvalue weighted by Crippen LogP contribution is 2.55. The molecule has 1 aliphatic carbocycles. The van der Waals surface area contributed by atoms with Crippen molar-refractivity contribution >= 4 is 0 Å². The van der Waals surface area contributed by atoms with Crippen LogP contribution >= 0.6 is 0 Å². The molecule has 0 unspecified atom stereocenters. The summed E-state index contributed by atoms with van der Waals surface area (Å²) in [5.74, 6) is 2.71. The Morgan fingerprint density at radius 2 is 1.79 bits per heavy atom. The second kappa shape index (κ2) is 7.89. The topological polar surface area (TPSA) is 51.2 Å². The first-order chi connectivity index (χ1) is 16.0. The second-order valence-corrected chi connectivity index (χ2v) is 11.6. The molecule has 0 amide bonds. The highest BCUT2D eigenvalue weighted by Gasteiger charge is 2.49. The van der Waals surface area contributed by atoms with E-state index in [0.29, 0.717) is 18.1 Å². The molecule has 2 aromatic carbocycles. The quantitative estimate of drug-likeness (QED) is 0.638. The van der Waals surface area contributed by atoms with E-state index in [1.165, 1.54) is 22.3 Å². The summed E-state index contributed by atoms with van der Waals surface area (Å²) in [5.41, 5.74) is 7.53. The van der Waals surface area contributed by atoms with Gasteiger partial charge in [0, 0.05) is 18.2 Å². The lowest BCUT2D eigenvalue weighted by Gasteiger charge is -2.37. The predicted octanol–water partition coefficient (Wildman–Crippen LogP) is 5.59. The number of aliphatic hydroxyl groups excluding tert-OH is 1. The van der Waals surface area contributed by atoms with Gasteiger partial charge in [-0.3, -0.25) is 4.90 Å². The van der Waals surface area contributed by atoms with Crippen molar-refractivity contribution in [3.8, 4) is 17.2 Å². The first-order valence-electron chi connectivity index (χ1n) is 12.5. The fourth-order valence-electron chi connectivity index (χ4n) is 6.68. The van der Waals surface area contributed by atoms with Gasteiger partial charge in [0.1, 0.15) is 0 Å². The Balaban J connectivity index is 1.54. The Labute approximate surface area is 204 Å². The van der Waals surface area contributed by atoms with Gasteiger partial charge in [-0.25, -0.2) is 0 Å². The molecule has 0 saturated carbocycles. The van der Waals surface area contributed by atoms with Gasteiger partial charge in [0.2, 0.25) is 12.5 Å². The summed E-state index contributed by atoms with van der Waals surface area (Å²) in [6, 6.07) is 6.75. The van der Waals surface area contributed by atoms with Crippen molar-refractivity contribution in [1.82, 2.24) is 4.90 Å². The number of hydrogen-bond donors (Lipinski definition) is 1. The van der Waals surface area contributed by atoms with Crippen molar-refractivity contribution in [2.75, 3.05) is 27.5 Å². The Kier molecular flexibility index (Phi) is 5.45. The summed E-state index contributed by atoms with van der Waals surface area (Å²) in [4.78, 5) is 2.33. The predicted molar refractivity (Wildman–Crippen MR) is 134 cm³/mol. The molecule has 2 aromatic rings. The van der Waals surface area contributed by atoms with Crippen molar-refractivity contribution in [2.45, 2.75) is 77.4 Å². The fourth-order valence-corrected chi connectivity index (χ4v) is 6.68. The third-order valence-corrected chi connectivity index (χ3v) is 9.31. The number of methoxy groups -OCH3 is 1. The lowest BCUT2D eigenvalue weighted by Crippen LogP contribution is -2.33. The summed E-state index contributed by atoms with van der Waals surface area (Å²) < 4.78 is 17.3. The Hall–Kier alpha value is -2.24. The minimum Gasteiger partial charge on any atom is -0.492 e. The zero-order valence-corrected chi connectivity index (χ0v) is 21.9. The lowest BCUT2D eigenvalue weighted by molar-refractivity contribution is 0.107. The SMILES string of the molecule is COc1c2c(cc3c1[C@@H](C[C@@H](O)c1cc4c(cc1C)C(C)(C)[C@H](C)C4(C)C)N(C)CC3)OCO2. The van der Waals surface area contributed by atoms with Gasteiger partial charge >= 0.3 is 0 Å². The van der Waals surface area contributed by atoms with Crippen LogP contribution in [-0.2, 0) is 17.3 Å². The van der Waals surface area contributed by atoms with Crippen LogP contribution in [0.25, 0.3) is 0 Å². The number of likely N-dealkylation sites (N-methyl/N-ethyl adjacent to an activating group) is 1. The van der Waals surface area contributed by atoms with Gasteiger partial charge in [-0.1, -0.05) is 46.8 Å². The molecule has 34 heavy (non-hydrogen) atoms. The van der Waals surface area contributed by atoms with Crippen molar-refractivity contribution in [1.29, 1.82) is 0 Å². The summed E-state index contributed by atoms with van der Waals surface area (Å²) in [5, 5.41) is 11.6. The van der Waals surface area contributed by atoms with Crippen LogP contribution in [0, 0.1) is 12.8 Å². The smallest absolute Gasteiger partial charge is 0.231 e. The number of fused-ring (bicyclic) bond motifs is 3. The summed E-state index contributed by atoms with van der Waals surface area (Å²) >= 11 is 0. The van der Waals surface area contributed by atoms with E-state index in [0.717, 1.165) is 35.6 Å². The molecule has 3 atom stereocenters. The minimum atomic E-state index is -0.575. The minimum absolute atomic E-state index is 0.0271. The van der Waals surface area contributed by atoms with E-state index in [2.05, 4.69) is 71.7 Å². The average Bonchev–Trinajstić information content (AvgIpc) is 3.30. The molecular formula is C29H39NO4. The van der Waals surface area contributed by atoms with Gasteiger partial charge in [-0.2, -0.15) is 0 Å². The fraction of sp³-hybridized carbons (Fsp3) is 0.586. The molecule has 5 heteroatoms. The van der Waals surface area contributed by atoms with E-state index in [1.54, 1.807) is 7.11 Å². The third kappa shape index (κ3) is 3.27. The Morgan fingerprint density at radius 3 is 2.47 bits per heavy atom. The monoisotopic (exact) mass is 465 g/mol. The van der Waals surface area contributed by atoms with E-state index in [1.807, 2.05) is 0 Å². The Morgan fingerprint density at radius 1 is 1.12 bits per heavy atom. The first-order valence-corrected chi connectivity index (χ1v) is 12.5. The summed E-state index contributed by atoms with van der Waals surface area (Å²) in [6.07, 6.45) is 0.942. The molecule has 3 aliphatic rings. The molecule has 2 heterocycles. The number of ether oxygens (including phenoxy) is 3. The van der Waals surface area contributed by atoms with Gasteiger partial charge in [0.15, 0.2) is 11.5 Å². The molecule has 2 aliphatic heterocycles. The van der Waals surface area contributed by atoms with Gasteiger partial charge in [-0.15, -0.1) is 0 Å².